The third-order valence-corrected chi connectivity index (χ3v) is 5.43. The van der Waals surface area contributed by atoms with Crippen LogP contribution in [-0.4, -0.2) is 67.5 Å². The van der Waals surface area contributed by atoms with Gasteiger partial charge in [0.1, 0.15) is 0 Å². The molecule has 0 spiro atoms. The van der Waals surface area contributed by atoms with E-state index in [1.165, 1.54) is 35.1 Å². The number of nitrogens with one attached hydrogen (secondary N) is 2. The average molecular weight is 454 g/mol. The molecule has 11 heteroatoms. The minimum atomic E-state index is -4.65. The molecule has 0 saturated heterocycles. The largest absolute Gasteiger partial charge is 0.416 e. The van der Waals surface area contributed by atoms with E-state index in [9.17, 15) is 27.6 Å². The summed E-state index contributed by atoms with van der Waals surface area (Å²) >= 11 is 0. The van der Waals surface area contributed by atoms with E-state index in [4.69, 9.17) is 4.74 Å². The van der Waals surface area contributed by atoms with Crippen LogP contribution in [0.15, 0.2) is 35.5 Å². The first-order valence-corrected chi connectivity index (χ1v) is 10.2. The fourth-order valence-electron chi connectivity index (χ4n) is 3.92. The molecule has 0 radical (unpaired) electrons. The summed E-state index contributed by atoms with van der Waals surface area (Å²) in [4.78, 5) is 40.5. The van der Waals surface area contributed by atoms with Crippen LogP contribution in [0.1, 0.15) is 30.5 Å². The van der Waals surface area contributed by atoms with Gasteiger partial charge in [-0.3, -0.25) is 14.5 Å². The number of methoxy groups -OCH3 is 1. The highest BCUT2D eigenvalue weighted by atomic mass is 19.4. The third-order valence-electron chi connectivity index (χ3n) is 5.43. The topological polar surface area (TPSA) is 91.0 Å². The number of nitrogens with zero attached hydrogens (tertiary/aromatic N) is 2. The van der Waals surface area contributed by atoms with Crippen molar-refractivity contribution < 1.29 is 32.3 Å². The number of urea groups is 1. The quantitative estimate of drug-likeness (QED) is 0.589. The molecule has 1 aromatic rings. The van der Waals surface area contributed by atoms with Gasteiger partial charge in [0.05, 0.1) is 36.0 Å². The van der Waals surface area contributed by atoms with Gasteiger partial charge in [0.2, 0.25) is 5.91 Å². The second kappa shape index (κ2) is 9.60. The van der Waals surface area contributed by atoms with Crippen LogP contribution in [0.4, 0.5) is 18.0 Å². The summed E-state index contributed by atoms with van der Waals surface area (Å²) in [6, 6.07) is 3.08. The van der Waals surface area contributed by atoms with Crippen LogP contribution in [0, 0.1) is 0 Å². The van der Waals surface area contributed by atoms with Crippen molar-refractivity contribution in [1.82, 2.24) is 20.4 Å². The van der Waals surface area contributed by atoms with E-state index in [0.717, 1.165) is 6.07 Å². The number of carbonyl (C=O) groups is 3. The van der Waals surface area contributed by atoms with Gasteiger partial charge in [-0.15, -0.1) is 0 Å². The predicted molar refractivity (Wildman–Crippen MR) is 108 cm³/mol. The number of hydrogen-bond acceptors (Lipinski definition) is 4. The number of likely N-dealkylation sites (N-methyl/N-ethyl adjacent to an activating group) is 1. The third kappa shape index (κ3) is 4.72. The van der Waals surface area contributed by atoms with Gasteiger partial charge >= 0.3 is 12.2 Å². The lowest BCUT2D eigenvalue weighted by atomic mass is 9.91. The lowest BCUT2D eigenvalue weighted by Gasteiger charge is -2.33. The maximum atomic E-state index is 13.6. The molecule has 2 aliphatic heterocycles. The first kappa shape index (κ1) is 23.6. The van der Waals surface area contributed by atoms with Crippen molar-refractivity contribution in [3.05, 3.63) is 46.7 Å². The van der Waals surface area contributed by atoms with Crippen LogP contribution in [-0.2, 0) is 20.5 Å². The van der Waals surface area contributed by atoms with E-state index in [1.807, 2.05) is 0 Å². The summed E-state index contributed by atoms with van der Waals surface area (Å²) in [5.41, 5.74) is -0.638. The zero-order valence-corrected chi connectivity index (χ0v) is 17.8. The molecule has 0 bridgehead atoms. The number of carbonyl (C=O) groups excluding carboxylic acids is 3. The molecule has 2 heterocycles. The number of alkyl halides is 3. The molecule has 1 atom stereocenters. The van der Waals surface area contributed by atoms with Gasteiger partial charge in [0.25, 0.3) is 5.91 Å². The molecular formula is C21H25F3N4O4. The summed E-state index contributed by atoms with van der Waals surface area (Å²) in [5, 5.41) is 5.21. The molecule has 4 amide bonds. The number of rotatable bonds is 8. The molecule has 0 saturated carbocycles. The normalized spacial score (nSPS) is 18.7. The van der Waals surface area contributed by atoms with Crippen LogP contribution in [0.3, 0.4) is 0 Å². The van der Waals surface area contributed by atoms with Crippen molar-refractivity contribution in [3.63, 3.8) is 0 Å². The molecular weight excluding hydrogens is 429 g/mol. The zero-order valence-electron chi connectivity index (χ0n) is 17.8. The standard InChI is InChI=1S/C21H25F3N4O4/c1-3-28-15-12-27(10-8-16(29)25-9-11-32-2)19(30)17(15)18(26-20(28)31)13-6-4-5-7-14(13)21(22,23)24/h4-7,18H,3,8-12H2,1-2H3,(H,25,29)(H,26,31)/t18-/m1/s1. The average Bonchev–Trinajstić information content (AvgIpc) is 3.07. The van der Waals surface area contributed by atoms with Crippen LogP contribution in [0.25, 0.3) is 0 Å². The van der Waals surface area contributed by atoms with Gasteiger partial charge in [0, 0.05) is 33.2 Å². The van der Waals surface area contributed by atoms with E-state index < -0.39 is 29.7 Å². The van der Waals surface area contributed by atoms with Gasteiger partial charge < -0.3 is 20.3 Å². The van der Waals surface area contributed by atoms with E-state index in [-0.39, 0.29) is 43.1 Å². The summed E-state index contributed by atoms with van der Waals surface area (Å²) in [5.74, 6) is -0.773. The van der Waals surface area contributed by atoms with Crippen LogP contribution in [0.5, 0.6) is 0 Å². The lowest BCUT2D eigenvalue weighted by Crippen LogP contribution is -2.47. The Kier molecular flexibility index (Phi) is 7.07. The van der Waals surface area contributed by atoms with E-state index in [0.29, 0.717) is 18.8 Å². The Morgan fingerprint density at radius 1 is 1.28 bits per heavy atom. The molecule has 2 aliphatic rings. The first-order valence-electron chi connectivity index (χ1n) is 10.2. The first-order chi connectivity index (χ1) is 15.2. The van der Waals surface area contributed by atoms with Crippen molar-refractivity contribution in [2.24, 2.45) is 0 Å². The minimum absolute atomic E-state index is 0.0211. The second-order valence-electron chi connectivity index (χ2n) is 7.39. The van der Waals surface area contributed by atoms with Gasteiger partial charge in [-0.1, -0.05) is 18.2 Å². The molecule has 3 rings (SSSR count). The zero-order chi connectivity index (χ0) is 23.5. The Balaban J connectivity index is 1.87. The maximum Gasteiger partial charge on any atom is 0.416 e. The Hall–Kier alpha value is -3.08. The molecule has 0 unspecified atom stereocenters. The number of halogens is 3. The summed E-state index contributed by atoms with van der Waals surface area (Å²) in [7, 11) is 1.51. The molecule has 0 fully saturated rings. The molecule has 32 heavy (non-hydrogen) atoms. The number of benzene rings is 1. The monoisotopic (exact) mass is 454 g/mol. The Labute approximate surface area is 183 Å². The smallest absolute Gasteiger partial charge is 0.383 e. The lowest BCUT2D eigenvalue weighted by molar-refractivity contribution is -0.138. The highest BCUT2D eigenvalue weighted by molar-refractivity contribution is 6.01. The van der Waals surface area contributed by atoms with Gasteiger partial charge in [-0.25, -0.2) is 4.79 Å². The Bertz CT molecular complexity index is 932. The van der Waals surface area contributed by atoms with E-state index in [2.05, 4.69) is 10.6 Å². The Morgan fingerprint density at radius 3 is 2.66 bits per heavy atom. The van der Waals surface area contributed by atoms with Crippen molar-refractivity contribution in [3.8, 4) is 0 Å². The van der Waals surface area contributed by atoms with E-state index in [1.54, 1.807) is 6.92 Å². The molecule has 0 aliphatic carbocycles. The minimum Gasteiger partial charge on any atom is -0.383 e. The van der Waals surface area contributed by atoms with Gasteiger partial charge in [0.15, 0.2) is 0 Å². The fraction of sp³-hybridized carbons (Fsp3) is 0.476. The van der Waals surface area contributed by atoms with Crippen molar-refractivity contribution in [2.75, 3.05) is 39.9 Å². The van der Waals surface area contributed by atoms with Gasteiger partial charge in [-0.05, 0) is 18.6 Å². The van der Waals surface area contributed by atoms with Crippen molar-refractivity contribution in [2.45, 2.75) is 25.6 Å². The summed E-state index contributed by atoms with van der Waals surface area (Å²) in [6.45, 7) is 2.76. The molecule has 2 N–H and O–H groups in total. The predicted octanol–water partition coefficient (Wildman–Crippen LogP) is 2.04. The van der Waals surface area contributed by atoms with Crippen LogP contribution < -0.4 is 10.6 Å². The van der Waals surface area contributed by atoms with Crippen LogP contribution >= 0.6 is 0 Å². The van der Waals surface area contributed by atoms with Gasteiger partial charge in [-0.2, -0.15) is 13.2 Å². The second-order valence-corrected chi connectivity index (χ2v) is 7.39. The van der Waals surface area contributed by atoms with Crippen LogP contribution in [0.2, 0.25) is 0 Å². The molecule has 8 nitrogen and oxygen atoms in total. The Morgan fingerprint density at radius 2 is 2.00 bits per heavy atom. The molecule has 0 aromatic heterocycles. The molecule has 174 valence electrons. The number of amides is 4. The maximum absolute atomic E-state index is 13.6. The van der Waals surface area contributed by atoms with Crippen molar-refractivity contribution in [1.29, 1.82) is 0 Å². The number of ether oxygens (including phenoxy) is 1. The number of hydrogen-bond donors (Lipinski definition) is 2. The summed E-state index contributed by atoms with van der Waals surface area (Å²) in [6.07, 6.45) is -4.63. The fourth-order valence-corrected chi connectivity index (χ4v) is 3.92. The highest BCUT2D eigenvalue weighted by Crippen LogP contribution is 2.41. The SMILES string of the molecule is CCN1C(=O)N[C@H](c2ccccc2C(F)(F)F)C2=C1CN(CCC(=O)NCCOC)C2=O. The highest BCUT2D eigenvalue weighted by Gasteiger charge is 2.46. The van der Waals surface area contributed by atoms with Crippen molar-refractivity contribution >= 4 is 17.8 Å². The van der Waals surface area contributed by atoms with E-state index >= 15 is 0 Å². The molecule has 1 aromatic carbocycles. The summed E-state index contributed by atoms with van der Waals surface area (Å²) < 4.78 is 45.7.